The lowest BCUT2D eigenvalue weighted by atomic mass is 10.1. The molecule has 126 valence electrons. The van der Waals surface area contributed by atoms with Crippen LogP contribution >= 0.6 is 0 Å². The second-order valence-corrected chi connectivity index (χ2v) is 5.88. The molecule has 0 bridgehead atoms. The van der Waals surface area contributed by atoms with Gasteiger partial charge in [-0.15, -0.1) is 0 Å². The van der Waals surface area contributed by atoms with Gasteiger partial charge in [0.25, 0.3) is 11.8 Å². The van der Waals surface area contributed by atoms with Gasteiger partial charge in [-0.05, 0) is 38.0 Å². The Morgan fingerprint density at radius 3 is 2.50 bits per heavy atom. The van der Waals surface area contributed by atoms with Gasteiger partial charge in [-0.2, -0.15) is 0 Å². The standard InChI is InChI=1S/C19H23N3O2/c1-4-14(3)22-18(23)16-9-10-20-17(11-16)19(24)21-12-15-7-5-13(2)6-8-15/h5-11,14H,4,12H2,1-3H3,(H,21,24)(H,22,23). The zero-order valence-corrected chi connectivity index (χ0v) is 14.3. The fourth-order valence-electron chi connectivity index (χ4n) is 2.08. The van der Waals surface area contributed by atoms with E-state index in [-0.39, 0.29) is 23.6 Å². The molecule has 0 aliphatic carbocycles. The maximum atomic E-state index is 12.2. The number of aryl methyl sites for hydroxylation is 1. The smallest absolute Gasteiger partial charge is 0.270 e. The lowest BCUT2D eigenvalue weighted by molar-refractivity contribution is 0.0939. The minimum atomic E-state index is -0.297. The number of rotatable bonds is 6. The van der Waals surface area contributed by atoms with Crippen LogP contribution in [0.15, 0.2) is 42.6 Å². The quantitative estimate of drug-likeness (QED) is 0.858. The minimum Gasteiger partial charge on any atom is -0.350 e. The molecule has 2 amide bonds. The molecule has 0 spiro atoms. The average molecular weight is 325 g/mol. The van der Waals surface area contributed by atoms with Crippen molar-refractivity contribution in [1.29, 1.82) is 0 Å². The molecule has 24 heavy (non-hydrogen) atoms. The fourth-order valence-corrected chi connectivity index (χ4v) is 2.08. The van der Waals surface area contributed by atoms with E-state index < -0.39 is 0 Å². The number of benzene rings is 1. The molecule has 2 N–H and O–H groups in total. The van der Waals surface area contributed by atoms with Gasteiger partial charge in [-0.1, -0.05) is 36.8 Å². The van der Waals surface area contributed by atoms with Crippen LogP contribution in [0.3, 0.4) is 0 Å². The second-order valence-electron chi connectivity index (χ2n) is 5.88. The molecule has 0 aliphatic heterocycles. The van der Waals surface area contributed by atoms with Gasteiger partial charge in [0.05, 0.1) is 0 Å². The Hall–Kier alpha value is -2.69. The highest BCUT2D eigenvalue weighted by Crippen LogP contribution is 2.05. The molecular formula is C19H23N3O2. The minimum absolute atomic E-state index is 0.0875. The van der Waals surface area contributed by atoms with Gasteiger partial charge in [0.15, 0.2) is 0 Å². The van der Waals surface area contributed by atoms with Gasteiger partial charge in [0.2, 0.25) is 0 Å². The molecule has 1 atom stereocenters. The van der Waals surface area contributed by atoms with E-state index in [1.807, 2.05) is 45.0 Å². The lowest BCUT2D eigenvalue weighted by Crippen LogP contribution is -2.32. The zero-order valence-electron chi connectivity index (χ0n) is 14.3. The number of carbonyl (C=O) groups excluding carboxylic acids is 2. The summed E-state index contributed by atoms with van der Waals surface area (Å²) in [4.78, 5) is 28.4. The monoisotopic (exact) mass is 325 g/mol. The summed E-state index contributed by atoms with van der Waals surface area (Å²) in [5, 5.41) is 5.70. The van der Waals surface area contributed by atoms with E-state index in [2.05, 4.69) is 15.6 Å². The lowest BCUT2D eigenvalue weighted by Gasteiger charge is -2.11. The van der Waals surface area contributed by atoms with E-state index in [4.69, 9.17) is 0 Å². The number of hydrogen-bond donors (Lipinski definition) is 2. The van der Waals surface area contributed by atoms with E-state index in [1.54, 1.807) is 6.07 Å². The van der Waals surface area contributed by atoms with Gasteiger partial charge < -0.3 is 10.6 Å². The summed E-state index contributed by atoms with van der Waals surface area (Å²) in [6, 6.07) is 11.2. The van der Waals surface area contributed by atoms with Gasteiger partial charge in [0.1, 0.15) is 5.69 Å². The first-order chi connectivity index (χ1) is 11.5. The highest BCUT2D eigenvalue weighted by atomic mass is 16.2. The molecule has 5 nitrogen and oxygen atoms in total. The van der Waals surface area contributed by atoms with Crippen LogP contribution < -0.4 is 10.6 Å². The molecule has 2 aromatic rings. The molecule has 1 heterocycles. The maximum Gasteiger partial charge on any atom is 0.270 e. The van der Waals surface area contributed by atoms with E-state index in [1.165, 1.54) is 17.8 Å². The Kier molecular flexibility index (Phi) is 6.07. The predicted octanol–water partition coefficient (Wildman–Crippen LogP) is 2.85. The van der Waals surface area contributed by atoms with Crippen LogP contribution in [0.5, 0.6) is 0 Å². The maximum absolute atomic E-state index is 12.2. The van der Waals surface area contributed by atoms with Gasteiger partial charge in [-0.25, -0.2) is 0 Å². The molecule has 1 unspecified atom stereocenters. The molecule has 0 saturated carbocycles. The third-order valence-electron chi connectivity index (χ3n) is 3.82. The SMILES string of the molecule is CCC(C)NC(=O)c1ccnc(C(=O)NCc2ccc(C)cc2)c1. The van der Waals surface area contributed by atoms with Crippen molar-refractivity contribution in [3.63, 3.8) is 0 Å². The van der Waals surface area contributed by atoms with Crippen LogP contribution in [-0.2, 0) is 6.54 Å². The first-order valence-corrected chi connectivity index (χ1v) is 8.10. The number of carbonyl (C=O) groups is 2. The van der Waals surface area contributed by atoms with Crippen LogP contribution in [0.1, 0.15) is 52.2 Å². The summed E-state index contributed by atoms with van der Waals surface area (Å²) < 4.78 is 0. The molecule has 2 rings (SSSR count). The Bertz CT molecular complexity index is 711. The van der Waals surface area contributed by atoms with Gasteiger partial charge >= 0.3 is 0 Å². The summed E-state index contributed by atoms with van der Waals surface area (Å²) >= 11 is 0. The van der Waals surface area contributed by atoms with Gasteiger partial charge in [-0.3, -0.25) is 14.6 Å². The van der Waals surface area contributed by atoms with Crippen molar-refractivity contribution in [2.75, 3.05) is 0 Å². The summed E-state index contributed by atoms with van der Waals surface area (Å²) in [6.07, 6.45) is 2.33. The number of aromatic nitrogens is 1. The van der Waals surface area contributed by atoms with Crippen molar-refractivity contribution >= 4 is 11.8 Å². The number of pyridine rings is 1. The molecule has 1 aromatic heterocycles. The normalized spacial score (nSPS) is 11.6. The second kappa shape index (κ2) is 8.24. The van der Waals surface area contributed by atoms with Crippen LogP contribution in [0.25, 0.3) is 0 Å². The number of nitrogens with zero attached hydrogens (tertiary/aromatic N) is 1. The van der Waals surface area contributed by atoms with Crippen molar-refractivity contribution in [3.05, 3.63) is 65.0 Å². The first-order valence-electron chi connectivity index (χ1n) is 8.10. The fraction of sp³-hybridized carbons (Fsp3) is 0.316. The van der Waals surface area contributed by atoms with Crippen molar-refractivity contribution in [3.8, 4) is 0 Å². The highest BCUT2D eigenvalue weighted by molar-refractivity contribution is 5.98. The third-order valence-corrected chi connectivity index (χ3v) is 3.82. The number of nitrogens with one attached hydrogen (secondary N) is 2. The topological polar surface area (TPSA) is 71.1 Å². The van der Waals surface area contributed by atoms with E-state index in [0.717, 1.165) is 12.0 Å². The zero-order chi connectivity index (χ0) is 17.5. The molecule has 0 radical (unpaired) electrons. The van der Waals surface area contributed by atoms with Gasteiger partial charge in [0, 0.05) is 24.3 Å². The largest absolute Gasteiger partial charge is 0.350 e. The first kappa shape index (κ1) is 17.7. The third kappa shape index (κ3) is 4.91. The predicted molar refractivity (Wildman–Crippen MR) is 93.8 cm³/mol. The van der Waals surface area contributed by atoms with E-state index >= 15 is 0 Å². The van der Waals surface area contributed by atoms with Crippen LogP contribution in [0.4, 0.5) is 0 Å². The Morgan fingerprint density at radius 1 is 1.12 bits per heavy atom. The molecule has 0 saturated heterocycles. The van der Waals surface area contributed by atoms with Crippen molar-refractivity contribution in [2.24, 2.45) is 0 Å². The summed E-state index contributed by atoms with van der Waals surface area (Å²) in [7, 11) is 0. The Labute approximate surface area is 142 Å². The van der Waals surface area contributed by atoms with Crippen molar-refractivity contribution < 1.29 is 9.59 Å². The number of amides is 2. The Morgan fingerprint density at radius 2 is 1.83 bits per heavy atom. The van der Waals surface area contributed by atoms with E-state index in [0.29, 0.717) is 12.1 Å². The van der Waals surface area contributed by atoms with E-state index in [9.17, 15) is 9.59 Å². The molecule has 0 fully saturated rings. The van der Waals surface area contributed by atoms with Crippen LogP contribution in [0, 0.1) is 6.92 Å². The summed E-state index contributed by atoms with van der Waals surface area (Å²) in [5.74, 6) is -0.493. The summed E-state index contributed by atoms with van der Waals surface area (Å²) in [5.41, 5.74) is 2.86. The van der Waals surface area contributed by atoms with Crippen molar-refractivity contribution in [1.82, 2.24) is 15.6 Å². The molecular weight excluding hydrogens is 302 g/mol. The van der Waals surface area contributed by atoms with Crippen molar-refractivity contribution in [2.45, 2.75) is 39.8 Å². The van der Waals surface area contributed by atoms with Crippen LogP contribution in [-0.4, -0.2) is 22.8 Å². The van der Waals surface area contributed by atoms with Crippen LogP contribution in [0.2, 0.25) is 0 Å². The highest BCUT2D eigenvalue weighted by Gasteiger charge is 2.13. The average Bonchev–Trinajstić information content (AvgIpc) is 2.60. The molecule has 1 aromatic carbocycles. The number of hydrogen-bond acceptors (Lipinski definition) is 3. The Balaban J connectivity index is 2.00. The molecule has 0 aliphatic rings. The molecule has 5 heteroatoms. The summed E-state index contributed by atoms with van der Waals surface area (Å²) in [6.45, 7) is 6.38.